The molecule has 1 saturated carbocycles. The Morgan fingerprint density at radius 1 is 1.47 bits per heavy atom. The largest absolute Gasteiger partial charge is 0.354 e. The van der Waals surface area contributed by atoms with Crippen molar-refractivity contribution in [1.82, 2.24) is 9.36 Å². The van der Waals surface area contributed by atoms with Crippen molar-refractivity contribution in [2.75, 3.05) is 11.9 Å². The summed E-state index contributed by atoms with van der Waals surface area (Å²) >= 11 is 1.46. The molecule has 0 aromatic carbocycles. The molecule has 5 heteroatoms. The van der Waals surface area contributed by atoms with E-state index < -0.39 is 0 Å². The SMILES string of the molecule is CC1CCCC(CN)(Nc2nc(C(C)(C)C)ns2)C1. The lowest BCUT2D eigenvalue weighted by Gasteiger charge is -2.39. The average Bonchev–Trinajstić information content (AvgIpc) is 2.77. The van der Waals surface area contributed by atoms with Crippen molar-refractivity contribution in [2.24, 2.45) is 11.7 Å². The molecule has 1 fully saturated rings. The molecule has 0 spiro atoms. The second kappa shape index (κ2) is 5.37. The van der Waals surface area contributed by atoms with Gasteiger partial charge >= 0.3 is 0 Å². The molecular weight excluding hydrogens is 256 g/mol. The van der Waals surface area contributed by atoms with Crippen molar-refractivity contribution in [3.8, 4) is 0 Å². The molecule has 2 unspecified atom stereocenters. The van der Waals surface area contributed by atoms with Gasteiger partial charge in [-0.05, 0) is 18.8 Å². The smallest absolute Gasteiger partial charge is 0.203 e. The minimum absolute atomic E-state index is 0.00612. The Bertz CT molecular complexity index is 423. The monoisotopic (exact) mass is 282 g/mol. The second-order valence-corrected chi connectivity index (χ2v) is 7.74. The Hall–Kier alpha value is -0.680. The average molecular weight is 282 g/mol. The van der Waals surface area contributed by atoms with Crippen LogP contribution in [0.1, 0.15) is 59.2 Å². The summed E-state index contributed by atoms with van der Waals surface area (Å²) in [5, 5.41) is 4.51. The van der Waals surface area contributed by atoms with Crippen molar-refractivity contribution in [1.29, 1.82) is 0 Å². The van der Waals surface area contributed by atoms with Crippen LogP contribution in [-0.2, 0) is 5.41 Å². The fourth-order valence-electron chi connectivity index (χ4n) is 2.82. The molecule has 0 aliphatic heterocycles. The summed E-state index contributed by atoms with van der Waals surface area (Å²) in [6.45, 7) is 9.40. The van der Waals surface area contributed by atoms with Crippen LogP contribution in [0.3, 0.4) is 0 Å². The molecule has 1 aliphatic rings. The van der Waals surface area contributed by atoms with Crippen molar-refractivity contribution in [2.45, 2.75) is 64.3 Å². The summed E-state index contributed by atoms with van der Waals surface area (Å²) in [4.78, 5) is 4.63. The van der Waals surface area contributed by atoms with Crippen molar-refractivity contribution < 1.29 is 0 Å². The van der Waals surface area contributed by atoms with E-state index in [0.29, 0.717) is 6.54 Å². The fourth-order valence-corrected chi connectivity index (χ4v) is 3.69. The Balaban J connectivity index is 2.12. The second-order valence-electron chi connectivity index (χ2n) is 6.98. The molecule has 0 saturated heterocycles. The Morgan fingerprint density at radius 2 is 2.21 bits per heavy atom. The normalized spacial score (nSPS) is 28.4. The van der Waals surface area contributed by atoms with E-state index in [4.69, 9.17) is 5.73 Å². The summed E-state index contributed by atoms with van der Waals surface area (Å²) in [7, 11) is 0. The molecule has 2 atom stereocenters. The van der Waals surface area contributed by atoms with E-state index in [1.165, 1.54) is 24.4 Å². The third-order valence-corrected chi connectivity index (χ3v) is 4.58. The van der Waals surface area contributed by atoms with E-state index in [1.54, 1.807) is 0 Å². The fraction of sp³-hybridized carbons (Fsp3) is 0.857. The Labute approximate surface area is 120 Å². The number of hydrogen-bond donors (Lipinski definition) is 2. The van der Waals surface area contributed by atoms with Gasteiger partial charge in [-0.25, -0.2) is 4.98 Å². The van der Waals surface area contributed by atoms with Crippen LogP contribution in [0, 0.1) is 5.92 Å². The first-order chi connectivity index (χ1) is 8.85. The number of hydrogen-bond acceptors (Lipinski definition) is 5. The van der Waals surface area contributed by atoms with Gasteiger partial charge in [0.05, 0.1) is 5.54 Å². The molecule has 3 N–H and O–H groups in total. The van der Waals surface area contributed by atoms with Crippen molar-refractivity contribution in [3.63, 3.8) is 0 Å². The lowest BCUT2D eigenvalue weighted by atomic mass is 9.76. The van der Waals surface area contributed by atoms with Gasteiger partial charge in [-0.2, -0.15) is 4.37 Å². The van der Waals surface area contributed by atoms with Gasteiger partial charge in [0.2, 0.25) is 5.13 Å². The van der Waals surface area contributed by atoms with Crippen LogP contribution < -0.4 is 11.1 Å². The van der Waals surface area contributed by atoms with E-state index in [1.807, 2.05) is 0 Å². The van der Waals surface area contributed by atoms with Gasteiger partial charge in [-0.3, -0.25) is 0 Å². The van der Waals surface area contributed by atoms with E-state index >= 15 is 0 Å². The first kappa shape index (κ1) is 14.7. The van der Waals surface area contributed by atoms with Crippen LogP contribution in [-0.4, -0.2) is 21.4 Å². The third-order valence-electron chi connectivity index (χ3n) is 3.95. The van der Waals surface area contributed by atoms with Gasteiger partial charge < -0.3 is 11.1 Å². The molecule has 1 aromatic rings. The number of rotatable bonds is 3. The van der Waals surface area contributed by atoms with Crippen LogP contribution in [0.4, 0.5) is 5.13 Å². The number of anilines is 1. The van der Waals surface area contributed by atoms with Crippen LogP contribution in [0.5, 0.6) is 0 Å². The van der Waals surface area contributed by atoms with E-state index in [-0.39, 0.29) is 11.0 Å². The summed E-state index contributed by atoms with van der Waals surface area (Å²) in [5.41, 5.74) is 6.06. The maximum Gasteiger partial charge on any atom is 0.203 e. The van der Waals surface area contributed by atoms with E-state index in [0.717, 1.165) is 29.7 Å². The van der Waals surface area contributed by atoms with Crippen molar-refractivity contribution >= 4 is 16.7 Å². The zero-order chi connectivity index (χ0) is 14.1. The third kappa shape index (κ3) is 3.45. The minimum atomic E-state index is 0.00612. The van der Waals surface area contributed by atoms with Crippen LogP contribution in [0.25, 0.3) is 0 Å². The molecule has 0 radical (unpaired) electrons. The molecule has 1 aliphatic carbocycles. The van der Waals surface area contributed by atoms with E-state index in [2.05, 4.69) is 42.4 Å². The molecule has 0 bridgehead atoms. The van der Waals surface area contributed by atoms with Gasteiger partial charge in [-0.15, -0.1) is 0 Å². The maximum atomic E-state index is 6.03. The number of aromatic nitrogens is 2. The van der Waals surface area contributed by atoms with Gasteiger partial charge in [0, 0.05) is 23.5 Å². The number of nitrogens with one attached hydrogen (secondary N) is 1. The lowest BCUT2D eigenvalue weighted by Crippen LogP contribution is -2.48. The quantitative estimate of drug-likeness (QED) is 0.894. The van der Waals surface area contributed by atoms with Crippen LogP contribution >= 0.6 is 11.5 Å². The zero-order valence-electron chi connectivity index (χ0n) is 12.5. The van der Waals surface area contributed by atoms with Crippen LogP contribution in [0.15, 0.2) is 0 Å². The Kier molecular flexibility index (Phi) is 4.16. The molecule has 108 valence electrons. The highest BCUT2D eigenvalue weighted by Gasteiger charge is 2.34. The van der Waals surface area contributed by atoms with Gasteiger partial charge in [0.25, 0.3) is 0 Å². The van der Waals surface area contributed by atoms with Gasteiger partial charge in [-0.1, -0.05) is 40.5 Å². The molecule has 4 nitrogen and oxygen atoms in total. The van der Waals surface area contributed by atoms with Crippen LogP contribution in [0.2, 0.25) is 0 Å². The molecular formula is C14H26N4S. The van der Waals surface area contributed by atoms with Crippen molar-refractivity contribution in [3.05, 3.63) is 5.82 Å². The Morgan fingerprint density at radius 3 is 2.74 bits per heavy atom. The summed E-state index contributed by atoms with van der Waals surface area (Å²) in [5.74, 6) is 1.65. The zero-order valence-corrected chi connectivity index (χ0v) is 13.3. The topological polar surface area (TPSA) is 63.8 Å². The first-order valence-electron chi connectivity index (χ1n) is 7.17. The standard InChI is InChI=1S/C14H26N4S/c1-10-6-5-7-14(8-10,9-15)17-12-16-11(18-19-12)13(2,3)4/h10H,5-9,15H2,1-4H3,(H,16,17,18). The minimum Gasteiger partial charge on any atom is -0.354 e. The van der Waals surface area contributed by atoms with Gasteiger partial charge in [0.15, 0.2) is 0 Å². The van der Waals surface area contributed by atoms with Gasteiger partial charge in [0.1, 0.15) is 5.82 Å². The highest BCUT2D eigenvalue weighted by molar-refractivity contribution is 7.09. The molecule has 19 heavy (non-hydrogen) atoms. The molecule has 2 rings (SSSR count). The lowest BCUT2D eigenvalue weighted by molar-refractivity contribution is 0.264. The number of nitrogens with zero attached hydrogens (tertiary/aromatic N) is 2. The summed E-state index contributed by atoms with van der Waals surface area (Å²) in [6.07, 6.45) is 4.83. The molecule has 1 heterocycles. The predicted molar refractivity (Wildman–Crippen MR) is 81.6 cm³/mol. The number of nitrogens with two attached hydrogens (primary N) is 1. The summed E-state index contributed by atoms with van der Waals surface area (Å²) < 4.78 is 4.46. The first-order valence-corrected chi connectivity index (χ1v) is 7.94. The molecule has 1 aromatic heterocycles. The highest BCUT2D eigenvalue weighted by Crippen LogP contribution is 2.35. The molecule has 0 amide bonds. The maximum absolute atomic E-state index is 6.03. The summed E-state index contributed by atoms with van der Waals surface area (Å²) in [6, 6.07) is 0. The van der Waals surface area contributed by atoms with E-state index in [9.17, 15) is 0 Å². The highest BCUT2D eigenvalue weighted by atomic mass is 32.1. The predicted octanol–water partition coefficient (Wildman–Crippen LogP) is 3.16.